The van der Waals surface area contributed by atoms with Crippen LogP contribution >= 0.6 is 11.3 Å². The lowest BCUT2D eigenvalue weighted by atomic mass is 10.1. The van der Waals surface area contributed by atoms with Crippen LogP contribution in [0.5, 0.6) is 5.75 Å². The summed E-state index contributed by atoms with van der Waals surface area (Å²) in [5.41, 5.74) is 2.82. The normalized spacial score (nSPS) is 11.0. The predicted octanol–water partition coefficient (Wildman–Crippen LogP) is 4.48. The van der Waals surface area contributed by atoms with Gasteiger partial charge >= 0.3 is 0 Å². The molecule has 0 unspecified atom stereocenters. The van der Waals surface area contributed by atoms with E-state index in [1.807, 2.05) is 45.0 Å². The molecule has 0 aliphatic carbocycles. The zero-order chi connectivity index (χ0) is 15.0. The number of aromatic amines is 1. The van der Waals surface area contributed by atoms with E-state index in [1.165, 1.54) is 4.88 Å². The lowest BCUT2D eigenvalue weighted by molar-refractivity contribution is 0.104. The Labute approximate surface area is 127 Å². The van der Waals surface area contributed by atoms with Gasteiger partial charge in [0.1, 0.15) is 5.75 Å². The molecule has 3 aromatic rings. The smallest absolute Gasteiger partial charge is 0.205 e. The first-order valence-electron chi connectivity index (χ1n) is 6.96. The van der Waals surface area contributed by atoms with Crippen LogP contribution in [0.1, 0.15) is 32.6 Å². The summed E-state index contributed by atoms with van der Waals surface area (Å²) in [6.45, 7) is 6.64. The van der Waals surface area contributed by atoms with Crippen molar-refractivity contribution in [2.45, 2.75) is 20.8 Å². The highest BCUT2D eigenvalue weighted by Crippen LogP contribution is 2.28. The summed E-state index contributed by atoms with van der Waals surface area (Å²) >= 11 is 1.55. The molecule has 108 valence electrons. The van der Waals surface area contributed by atoms with Crippen LogP contribution in [0.3, 0.4) is 0 Å². The van der Waals surface area contributed by atoms with Crippen molar-refractivity contribution in [1.82, 2.24) is 4.98 Å². The standard InChI is InChI=1S/C17H17NO2S/c1-4-20-12-5-6-15-13(8-12)14(9-18-15)17(19)16-7-10(2)11(3)21-16/h5-9,18H,4H2,1-3H3. The first kappa shape index (κ1) is 13.9. The van der Waals surface area contributed by atoms with Gasteiger partial charge in [0.25, 0.3) is 0 Å². The van der Waals surface area contributed by atoms with Crippen molar-refractivity contribution in [2.24, 2.45) is 0 Å². The van der Waals surface area contributed by atoms with E-state index < -0.39 is 0 Å². The van der Waals surface area contributed by atoms with Crippen LogP contribution in [0.2, 0.25) is 0 Å². The Morgan fingerprint density at radius 3 is 2.76 bits per heavy atom. The van der Waals surface area contributed by atoms with Crippen LogP contribution in [-0.4, -0.2) is 17.4 Å². The Hall–Kier alpha value is -2.07. The van der Waals surface area contributed by atoms with Gasteiger partial charge in [-0.25, -0.2) is 0 Å². The number of hydrogen-bond donors (Lipinski definition) is 1. The number of hydrogen-bond acceptors (Lipinski definition) is 3. The van der Waals surface area contributed by atoms with E-state index in [-0.39, 0.29) is 5.78 Å². The average molecular weight is 299 g/mol. The second kappa shape index (κ2) is 5.37. The maximum atomic E-state index is 12.7. The zero-order valence-corrected chi connectivity index (χ0v) is 13.1. The van der Waals surface area contributed by atoms with Crippen LogP contribution in [0.25, 0.3) is 10.9 Å². The molecular weight excluding hydrogens is 282 g/mol. The van der Waals surface area contributed by atoms with Crippen LogP contribution in [0.4, 0.5) is 0 Å². The zero-order valence-electron chi connectivity index (χ0n) is 12.3. The lowest BCUT2D eigenvalue weighted by Gasteiger charge is -2.03. The summed E-state index contributed by atoms with van der Waals surface area (Å²) < 4.78 is 5.52. The second-order valence-corrected chi connectivity index (χ2v) is 6.28. The van der Waals surface area contributed by atoms with E-state index in [0.717, 1.165) is 27.1 Å². The number of rotatable bonds is 4. The van der Waals surface area contributed by atoms with Crippen LogP contribution < -0.4 is 4.74 Å². The summed E-state index contributed by atoms with van der Waals surface area (Å²) in [6, 6.07) is 7.75. The fourth-order valence-corrected chi connectivity index (χ4v) is 3.35. The van der Waals surface area contributed by atoms with Gasteiger partial charge in [-0.2, -0.15) is 0 Å². The van der Waals surface area contributed by atoms with Crippen molar-refractivity contribution < 1.29 is 9.53 Å². The van der Waals surface area contributed by atoms with Crippen molar-refractivity contribution in [3.05, 3.63) is 51.3 Å². The minimum atomic E-state index is 0.0658. The van der Waals surface area contributed by atoms with Gasteiger partial charge in [-0.3, -0.25) is 4.79 Å². The van der Waals surface area contributed by atoms with Crippen molar-refractivity contribution in [3.63, 3.8) is 0 Å². The molecule has 1 N–H and O–H groups in total. The van der Waals surface area contributed by atoms with Gasteiger partial charge in [-0.1, -0.05) is 0 Å². The van der Waals surface area contributed by atoms with Crippen LogP contribution in [0, 0.1) is 13.8 Å². The number of aromatic nitrogens is 1. The monoisotopic (exact) mass is 299 g/mol. The number of nitrogens with one attached hydrogen (secondary N) is 1. The third-order valence-corrected chi connectivity index (χ3v) is 4.75. The summed E-state index contributed by atoms with van der Waals surface area (Å²) in [4.78, 5) is 17.8. The summed E-state index contributed by atoms with van der Waals surface area (Å²) in [5, 5.41) is 0.912. The average Bonchev–Trinajstić information content (AvgIpc) is 3.02. The van der Waals surface area contributed by atoms with Gasteiger partial charge in [-0.15, -0.1) is 11.3 Å². The number of H-pyrrole nitrogens is 1. The number of aryl methyl sites for hydroxylation is 2. The minimum absolute atomic E-state index is 0.0658. The van der Waals surface area contributed by atoms with Gasteiger partial charge in [-0.05, 0) is 50.6 Å². The maximum absolute atomic E-state index is 12.7. The van der Waals surface area contributed by atoms with Crippen molar-refractivity contribution >= 4 is 28.0 Å². The quantitative estimate of drug-likeness (QED) is 0.722. The van der Waals surface area contributed by atoms with Gasteiger partial charge in [0.15, 0.2) is 0 Å². The Morgan fingerprint density at radius 2 is 2.10 bits per heavy atom. The number of carbonyl (C=O) groups excluding carboxylic acids is 1. The van der Waals surface area contributed by atoms with E-state index in [1.54, 1.807) is 17.5 Å². The molecule has 1 aromatic carbocycles. The van der Waals surface area contributed by atoms with Crippen LogP contribution in [0.15, 0.2) is 30.5 Å². The minimum Gasteiger partial charge on any atom is -0.494 e. The third-order valence-electron chi connectivity index (χ3n) is 3.60. The molecule has 0 fully saturated rings. The first-order valence-corrected chi connectivity index (χ1v) is 7.77. The van der Waals surface area contributed by atoms with E-state index in [4.69, 9.17) is 4.74 Å². The largest absolute Gasteiger partial charge is 0.494 e. The van der Waals surface area contributed by atoms with E-state index >= 15 is 0 Å². The molecule has 0 spiro atoms. The molecule has 0 atom stereocenters. The summed E-state index contributed by atoms with van der Waals surface area (Å²) in [6.07, 6.45) is 1.78. The number of fused-ring (bicyclic) bond motifs is 1. The first-order chi connectivity index (χ1) is 10.1. The number of benzene rings is 1. The van der Waals surface area contributed by atoms with Crippen LogP contribution in [-0.2, 0) is 0 Å². The second-order valence-electron chi connectivity index (χ2n) is 5.02. The van der Waals surface area contributed by atoms with Gasteiger partial charge in [0.2, 0.25) is 5.78 Å². The Morgan fingerprint density at radius 1 is 1.29 bits per heavy atom. The Bertz CT molecular complexity index is 794. The molecule has 2 aromatic heterocycles. The molecule has 0 saturated carbocycles. The lowest BCUT2D eigenvalue weighted by Crippen LogP contribution is -1.97. The van der Waals surface area contributed by atoms with Gasteiger partial charge < -0.3 is 9.72 Å². The topological polar surface area (TPSA) is 42.1 Å². The fourth-order valence-electron chi connectivity index (χ4n) is 2.36. The van der Waals surface area contributed by atoms with E-state index in [0.29, 0.717) is 12.2 Å². The van der Waals surface area contributed by atoms with Crippen molar-refractivity contribution in [3.8, 4) is 5.75 Å². The van der Waals surface area contributed by atoms with E-state index in [9.17, 15) is 4.79 Å². The molecule has 3 nitrogen and oxygen atoms in total. The molecule has 3 rings (SSSR count). The highest BCUT2D eigenvalue weighted by molar-refractivity contribution is 7.14. The van der Waals surface area contributed by atoms with Crippen molar-refractivity contribution in [1.29, 1.82) is 0 Å². The SMILES string of the molecule is CCOc1ccc2[nH]cc(C(=O)c3cc(C)c(C)s3)c2c1. The molecular formula is C17H17NO2S. The number of ketones is 1. The summed E-state index contributed by atoms with van der Waals surface area (Å²) in [7, 11) is 0. The molecule has 0 saturated heterocycles. The Kier molecular flexibility index (Phi) is 3.55. The highest BCUT2D eigenvalue weighted by Gasteiger charge is 2.17. The maximum Gasteiger partial charge on any atom is 0.205 e. The van der Waals surface area contributed by atoms with Gasteiger partial charge in [0, 0.05) is 27.5 Å². The van der Waals surface area contributed by atoms with Gasteiger partial charge in [0.05, 0.1) is 11.5 Å². The van der Waals surface area contributed by atoms with E-state index in [2.05, 4.69) is 4.98 Å². The molecule has 21 heavy (non-hydrogen) atoms. The predicted molar refractivity (Wildman–Crippen MR) is 86.7 cm³/mol. The molecule has 4 heteroatoms. The Balaban J connectivity index is 2.06. The fraction of sp³-hybridized carbons (Fsp3) is 0.235. The molecule has 0 aliphatic rings. The number of ether oxygens (including phenoxy) is 1. The molecule has 2 heterocycles. The molecule has 0 amide bonds. The molecule has 0 radical (unpaired) electrons. The number of carbonyl (C=O) groups is 1. The molecule has 0 aliphatic heterocycles. The highest BCUT2D eigenvalue weighted by atomic mass is 32.1. The van der Waals surface area contributed by atoms with Crippen molar-refractivity contribution in [2.75, 3.05) is 6.61 Å². The molecule has 0 bridgehead atoms. The summed E-state index contributed by atoms with van der Waals surface area (Å²) in [5.74, 6) is 0.855. The third kappa shape index (κ3) is 2.47. The number of thiophene rings is 1.